The summed E-state index contributed by atoms with van der Waals surface area (Å²) in [6, 6.07) is 10.3. The number of ether oxygens (including phenoxy) is 1. The third-order valence-electron chi connectivity index (χ3n) is 6.76. The van der Waals surface area contributed by atoms with E-state index >= 15 is 0 Å². The van der Waals surface area contributed by atoms with Gasteiger partial charge in [0.25, 0.3) is 5.95 Å². The van der Waals surface area contributed by atoms with Crippen molar-refractivity contribution in [3.8, 4) is 0 Å². The van der Waals surface area contributed by atoms with Crippen LogP contribution in [0.25, 0.3) is 0 Å². The molecule has 0 amide bonds. The highest BCUT2D eigenvalue weighted by atomic mass is 16.7. The van der Waals surface area contributed by atoms with Gasteiger partial charge in [0.05, 0.1) is 31.0 Å². The van der Waals surface area contributed by atoms with Crippen molar-refractivity contribution in [2.24, 2.45) is 10.2 Å². The second-order valence-corrected chi connectivity index (χ2v) is 10.1. The summed E-state index contributed by atoms with van der Waals surface area (Å²) >= 11 is 0. The molecule has 0 aliphatic carbocycles. The largest absolute Gasteiger partial charge is 0.457 e. The molecule has 1 aromatic carbocycles. The van der Waals surface area contributed by atoms with Gasteiger partial charge in [-0.25, -0.2) is 4.98 Å². The first-order valence-corrected chi connectivity index (χ1v) is 12.2. The number of anilines is 1. The first-order valence-electron chi connectivity index (χ1n) is 12.2. The van der Waals surface area contributed by atoms with Crippen molar-refractivity contribution < 1.29 is 14.0 Å². The lowest BCUT2D eigenvalue weighted by molar-refractivity contribution is 0.00578. The monoisotopic (exact) mass is 465 g/mol. The van der Waals surface area contributed by atoms with E-state index < -0.39 is 0 Å². The Kier molecular flexibility index (Phi) is 7.65. The first kappa shape index (κ1) is 24.8. The summed E-state index contributed by atoms with van der Waals surface area (Å²) < 4.78 is 17.8. The molecule has 2 aromatic rings. The molecule has 1 aromatic heterocycles. The van der Waals surface area contributed by atoms with Crippen LogP contribution in [0.2, 0.25) is 6.32 Å². The van der Waals surface area contributed by atoms with Crippen molar-refractivity contribution in [3.63, 3.8) is 0 Å². The molecule has 0 saturated carbocycles. The minimum Gasteiger partial charge on any atom is -0.403 e. The summed E-state index contributed by atoms with van der Waals surface area (Å²) in [5.74, 6) is 1.29. The van der Waals surface area contributed by atoms with Crippen LogP contribution in [0.3, 0.4) is 0 Å². The molecule has 182 valence electrons. The number of azo groups is 1. The van der Waals surface area contributed by atoms with E-state index in [-0.39, 0.29) is 18.3 Å². The molecule has 2 aliphatic heterocycles. The topological polar surface area (TPSA) is 81.4 Å². The Morgan fingerprint density at radius 2 is 1.76 bits per heavy atom. The van der Waals surface area contributed by atoms with E-state index in [0.29, 0.717) is 25.7 Å². The molecule has 4 rings (SSSR count). The van der Waals surface area contributed by atoms with Crippen molar-refractivity contribution in [3.05, 3.63) is 47.2 Å². The van der Waals surface area contributed by atoms with E-state index in [1.807, 2.05) is 6.07 Å². The molecule has 2 aliphatic rings. The number of hydrogen-bond donors (Lipinski definition) is 0. The van der Waals surface area contributed by atoms with Gasteiger partial charge in [-0.1, -0.05) is 29.8 Å². The SMILES string of the molecule is Cc1cccc(CN=Nc2nc(CCCB3OC(C)(C)C(C)(C)O3)cc(N3CCOCC3)n2)c1. The van der Waals surface area contributed by atoms with Crippen molar-refractivity contribution >= 4 is 18.9 Å². The maximum atomic E-state index is 6.14. The molecule has 0 atom stereocenters. The van der Waals surface area contributed by atoms with Gasteiger partial charge < -0.3 is 18.9 Å². The molecule has 3 heterocycles. The van der Waals surface area contributed by atoms with Gasteiger partial charge in [-0.05, 0) is 59.3 Å². The first-order chi connectivity index (χ1) is 16.2. The van der Waals surface area contributed by atoms with E-state index in [1.165, 1.54) is 5.56 Å². The minimum atomic E-state index is -0.305. The molecule has 34 heavy (non-hydrogen) atoms. The lowest BCUT2D eigenvalue weighted by Gasteiger charge is -2.32. The van der Waals surface area contributed by atoms with Gasteiger partial charge in [0.1, 0.15) is 5.82 Å². The lowest BCUT2D eigenvalue weighted by atomic mass is 9.82. The highest BCUT2D eigenvalue weighted by Gasteiger charge is 2.50. The Labute approximate surface area is 203 Å². The van der Waals surface area contributed by atoms with Crippen LogP contribution in [0.5, 0.6) is 0 Å². The van der Waals surface area contributed by atoms with Gasteiger partial charge in [0.15, 0.2) is 0 Å². The zero-order valence-electron chi connectivity index (χ0n) is 21.1. The number of rotatable bonds is 8. The van der Waals surface area contributed by atoms with E-state index in [9.17, 15) is 0 Å². The van der Waals surface area contributed by atoms with Crippen LogP contribution in [0.1, 0.15) is 50.9 Å². The summed E-state index contributed by atoms with van der Waals surface area (Å²) in [6.07, 6.45) is 2.51. The average molecular weight is 465 g/mol. The van der Waals surface area contributed by atoms with Crippen LogP contribution < -0.4 is 4.90 Å². The highest BCUT2D eigenvalue weighted by Crippen LogP contribution is 2.38. The van der Waals surface area contributed by atoms with Crippen molar-refractivity contribution in [2.45, 2.75) is 71.5 Å². The third-order valence-corrected chi connectivity index (χ3v) is 6.76. The molecular weight excluding hydrogens is 429 g/mol. The fourth-order valence-corrected chi connectivity index (χ4v) is 4.12. The standard InChI is InChI=1S/C25H36BN5O3/c1-19-8-6-9-20(16-19)18-27-30-23-28-21(17-22(29-23)31-12-14-32-15-13-31)10-7-11-26-33-24(2,3)25(4,5)34-26/h6,8-9,16-17H,7,10-15,18H2,1-5H3. The molecule has 8 nitrogen and oxygen atoms in total. The number of benzene rings is 1. The zero-order chi connectivity index (χ0) is 24.2. The van der Waals surface area contributed by atoms with Crippen molar-refractivity contribution in [1.29, 1.82) is 0 Å². The third kappa shape index (κ3) is 6.20. The highest BCUT2D eigenvalue weighted by molar-refractivity contribution is 6.45. The van der Waals surface area contributed by atoms with E-state index in [0.717, 1.165) is 49.3 Å². The maximum absolute atomic E-state index is 6.14. The zero-order valence-corrected chi connectivity index (χ0v) is 21.1. The van der Waals surface area contributed by atoms with Gasteiger partial charge in [0.2, 0.25) is 0 Å². The number of nitrogens with zero attached hydrogens (tertiary/aromatic N) is 5. The van der Waals surface area contributed by atoms with Gasteiger partial charge in [-0.15, -0.1) is 5.11 Å². The molecule has 0 bridgehead atoms. The smallest absolute Gasteiger partial charge is 0.403 e. The minimum absolute atomic E-state index is 0.195. The molecular formula is C25H36BN5O3. The van der Waals surface area contributed by atoms with Gasteiger partial charge in [-0.3, -0.25) is 0 Å². The normalized spacial score (nSPS) is 19.8. The Morgan fingerprint density at radius 1 is 1.03 bits per heavy atom. The fourth-order valence-electron chi connectivity index (χ4n) is 4.12. The summed E-state index contributed by atoms with van der Waals surface area (Å²) in [6.45, 7) is 13.9. The van der Waals surface area contributed by atoms with Crippen LogP contribution in [-0.2, 0) is 27.0 Å². The molecule has 0 spiro atoms. The molecule has 0 unspecified atom stereocenters. The summed E-state index contributed by atoms with van der Waals surface area (Å²) in [7, 11) is -0.195. The Morgan fingerprint density at radius 3 is 2.47 bits per heavy atom. The summed E-state index contributed by atoms with van der Waals surface area (Å²) in [4.78, 5) is 11.6. The molecule has 2 fully saturated rings. The summed E-state index contributed by atoms with van der Waals surface area (Å²) in [5, 5.41) is 8.74. The van der Waals surface area contributed by atoms with E-state index in [4.69, 9.17) is 14.0 Å². The predicted octanol–water partition coefficient (Wildman–Crippen LogP) is 4.93. The number of hydrogen-bond acceptors (Lipinski definition) is 8. The van der Waals surface area contributed by atoms with Gasteiger partial charge in [0, 0.05) is 24.8 Å². The Balaban J connectivity index is 1.43. The van der Waals surface area contributed by atoms with Crippen LogP contribution in [-0.4, -0.2) is 54.6 Å². The van der Waals surface area contributed by atoms with Crippen LogP contribution in [0, 0.1) is 6.92 Å². The summed E-state index contributed by atoms with van der Waals surface area (Å²) in [5.41, 5.74) is 2.68. The quantitative estimate of drug-likeness (QED) is 0.406. The van der Waals surface area contributed by atoms with Gasteiger partial charge in [-0.2, -0.15) is 10.1 Å². The van der Waals surface area contributed by atoms with Crippen LogP contribution in [0.15, 0.2) is 40.6 Å². The molecule has 9 heteroatoms. The van der Waals surface area contributed by atoms with Crippen molar-refractivity contribution in [2.75, 3.05) is 31.2 Å². The Hall–Kier alpha value is -2.36. The number of aryl methyl sites for hydroxylation is 2. The van der Waals surface area contributed by atoms with E-state index in [2.05, 4.69) is 84.0 Å². The number of morpholine rings is 1. The molecule has 0 radical (unpaired) electrons. The van der Waals surface area contributed by atoms with E-state index in [1.54, 1.807) is 0 Å². The average Bonchev–Trinajstić information content (AvgIpc) is 3.00. The Bertz CT molecular complexity index is 992. The second kappa shape index (κ2) is 10.5. The molecule has 2 saturated heterocycles. The van der Waals surface area contributed by atoms with Crippen LogP contribution in [0.4, 0.5) is 11.8 Å². The second-order valence-electron chi connectivity index (χ2n) is 10.1. The van der Waals surface area contributed by atoms with Gasteiger partial charge >= 0.3 is 7.12 Å². The van der Waals surface area contributed by atoms with Crippen LogP contribution >= 0.6 is 0 Å². The number of aromatic nitrogens is 2. The van der Waals surface area contributed by atoms with Crippen molar-refractivity contribution in [1.82, 2.24) is 9.97 Å². The lowest BCUT2D eigenvalue weighted by Crippen LogP contribution is -2.41. The predicted molar refractivity (Wildman–Crippen MR) is 134 cm³/mol. The maximum Gasteiger partial charge on any atom is 0.457 e. The fraction of sp³-hybridized carbons (Fsp3) is 0.600. The molecule has 0 N–H and O–H groups in total.